The lowest BCUT2D eigenvalue weighted by Crippen LogP contribution is -2.25. The maximum atomic E-state index is 13.5. The number of oxazole rings is 1. The smallest absolute Gasteiger partial charge is 0.420 e. The monoisotopic (exact) mass is 1870 g/mol. The number of ketones is 2. The molecule has 11 N–H and O–H groups in total. The number of H-pyrrole nitrogens is 6. The van der Waals surface area contributed by atoms with Crippen molar-refractivity contribution < 1.29 is 52.9 Å². The van der Waals surface area contributed by atoms with Crippen molar-refractivity contribution in [3.8, 4) is 69.0 Å². The molecule has 0 radical (unpaired) electrons. The Morgan fingerprint density at radius 3 is 1.67 bits per heavy atom. The number of nitrogens with zero attached hydrogens (tertiary/aromatic N) is 20. The summed E-state index contributed by atoms with van der Waals surface area (Å²) in [5.74, 6) is 2.99. The molecular weight excluding hydrogens is 1780 g/mol. The first-order chi connectivity index (χ1) is 67.6. The van der Waals surface area contributed by atoms with Crippen LogP contribution in [-0.2, 0) is 61.1 Å². The molecule has 19 rings (SSSR count). The molecule has 139 heavy (non-hydrogen) atoms. The number of hydrogen-bond acceptors (Lipinski definition) is 29. The predicted molar refractivity (Wildman–Crippen MR) is 511 cm³/mol. The van der Waals surface area contributed by atoms with Crippen molar-refractivity contribution in [2.75, 3.05) is 33.2 Å². The van der Waals surface area contributed by atoms with Crippen LogP contribution in [0.15, 0.2) is 282 Å². The van der Waals surface area contributed by atoms with Crippen molar-refractivity contribution in [3.05, 3.63) is 319 Å². The number of fused-ring (bicyclic) bond motifs is 2. The number of furan rings is 1. The maximum absolute atomic E-state index is 13.5. The predicted octanol–water partition coefficient (Wildman–Crippen LogP) is 13.8. The number of imidazole rings is 3. The van der Waals surface area contributed by atoms with E-state index in [1.807, 2.05) is 137 Å². The SMILES string of the molecule is CC(C)COC(C)C(=O)Cc1nc(-c2ccccn2)n[nH]1.CCn1nnc2cc(C(=O)Nc3n[nH]c(-c4ccccn4)n3)ccc21.Cc1ccc(CC(=O)Nc2cnc(-c3ccccn3)[nH]2)cn1.O=C(CCCC(=O)c1ccco1)Nc1n[nH]c(-c2ccccn2)n1.O=C(Cc1ccccc1F)Nc1cnc(-c2ccccn2)[nH]1.O=C(Cn1c(=O)oc2ccccc21)Nc1ncc(-c2ccccn2)[nH]1.[HH]. The number of anilines is 5. The van der Waals surface area contributed by atoms with Crippen LogP contribution < -0.4 is 32.3 Å². The number of aromatic amines is 6. The number of rotatable bonds is 30. The van der Waals surface area contributed by atoms with E-state index in [9.17, 15) is 42.7 Å². The fraction of sp³-hybridized carbons (Fsp3) is 0.167. The fourth-order valence-electron chi connectivity index (χ4n) is 12.8. The van der Waals surface area contributed by atoms with Crippen LogP contribution in [0.1, 0.15) is 91.9 Å². The molecule has 19 aromatic rings. The number of carbonyl (C=O) groups is 7. The number of amides is 5. The summed E-state index contributed by atoms with van der Waals surface area (Å²) in [5.41, 5.74) is 9.92. The molecule has 0 spiro atoms. The minimum Gasteiger partial charge on any atom is -0.461 e. The second kappa shape index (κ2) is 48.1. The van der Waals surface area contributed by atoms with Crippen LogP contribution in [-0.4, -0.2) is 184 Å². The van der Waals surface area contributed by atoms with Gasteiger partial charge in [0.25, 0.3) is 5.91 Å². The molecule has 0 bridgehead atoms. The van der Waals surface area contributed by atoms with E-state index in [-0.39, 0.29) is 93.1 Å². The molecular formula is C96H92FN31O11. The summed E-state index contributed by atoms with van der Waals surface area (Å²) in [7, 11) is 0. The lowest BCUT2D eigenvalue weighted by molar-refractivity contribution is -0.129. The molecule has 704 valence electrons. The average Bonchev–Trinajstić information content (AvgIpc) is 1.67. The summed E-state index contributed by atoms with van der Waals surface area (Å²) in [6.07, 6.45) is 18.7. The van der Waals surface area contributed by atoms with Crippen LogP contribution in [0.4, 0.5) is 33.9 Å². The summed E-state index contributed by atoms with van der Waals surface area (Å²) < 4.78 is 32.2. The van der Waals surface area contributed by atoms with Crippen LogP contribution in [0, 0.1) is 18.7 Å². The molecule has 16 aromatic heterocycles. The molecule has 0 aliphatic heterocycles. The number of aryl methyl sites for hydroxylation is 2. The van der Waals surface area contributed by atoms with E-state index in [1.165, 1.54) is 23.1 Å². The van der Waals surface area contributed by atoms with Crippen molar-refractivity contribution in [1.82, 2.24) is 130 Å². The zero-order chi connectivity index (χ0) is 97.2. The highest BCUT2D eigenvalue weighted by molar-refractivity contribution is 6.05. The van der Waals surface area contributed by atoms with Gasteiger partial charge in [0.1, 0.15) is 69.9 Å². The van der Waals surface area contributed by atoms with Gasteiger partial charge in [-0.1, -0.05) is 91.9 Å². The second-order valence-corrected chi connectivity index (χ2v) is 30.5. The van der Waals surface area contributed by atoms with Gasteiger partial charge in [0.05, 0.1) is 66.5 Å². The number of ether oxygens (including phenoxy) is 1. The number of hydrogen-bond donors (Lipinski definition) is 11. The molecule has 3 aromatic carbocycles. The number of aromatic nitrogens is 26. The second-order valence-electron chi connectivity index (χ2n) is 30.5. The van der Waals surface area contributed by atoms with Gasteiger partial charge < -0.3 is 39.2 Å². The molecule has 5 amide bonds. The van der Waals surface area contributed by atoms with Gasteiger partial charge >= 0.3 is 5.76 Å². The standard InChI is InChI=1S/C17H13N5O3.C16H13FN4O.C16H14N8O.C16H15N5O3.C16H15N5O.C15H20N4O2.H2/c23-15(10-22-13-6-1-2-7-14(13)25-17(22)24)21-16-19-9-12(20-16)11-5-3-4-8-18-11;17-12-6-2-1-5-11(12)9-15(22)20-14-10-19-16(21-14)13-7-3-4-8-18-13;1-2-24-13-7-6-10(9-12(13)20-23-24)15(25)19-16-18-14(21-22-16)11-5-3-4-8-17-11;22-12(13-7-4-10-24-13)6-3-8-14(23)18-16-19-15(20-21-16)11-5-1-2-9-17-11;1-11-5-6-12(9-18-11)8-15(22)20-14-10-19-16(21-14)13-4-2-3-7-17-13;1-10(2)9-21-11(3)13(20)8-14-17-15(19-18-14)12-6-4-5-7-16-12;/h1-9H,10H2,(H2,19,20,21,23);1-8,10H,9H2,(H,19,21)(H,20,22);3-9H,2H2,1H3,(H2,18,19,21,22,25);1-2,4-5,7,9-10H,3,6,8H2,(H2,18,19,20,21,23);2-7,9-10H,8H2,1H3,(H,19,21)(H,20,22);4-7,10-11H,8-9H2,1-3H3,(H,17,18,19);1H. The summed E-state index contributed by atoms with van der Waals surface area (Å²) in [6, 6.07) is 58.4. The summed E-state index contributed by atoms with van der Waals surface area (Å²) in [4.78, 5) is 160. The van der Waals surface area contributed by atoms with Crippen LogP contribution in [0.2, 0.25) is 0 Å². The number of para-hydroxylation sites is 2. The van der Waals surface area contributed by atoms with Crippen molar-refractivity contribution in [3.63, 3.8) is 0 Å². The van der Waals surface area contributed by atoms with E-state index in [2.05, 4.69) is 147 Å². The number of pyridine rings is 7. The Balaban J connectivity index is 0.000000141. The van der Waals surface area contributed by atoms with Gasteiger partial charge in [-0.05, 0) is 172 Å². The molecule has 43 heteroatoms. The third-order valence-electron chi connectivity index (χ3n) is 19.7. The summed E-state index contributed by atoms with van der Waals surface area (Å²) in [5, 5.41) is 41.7. The Morgan fingerprint density at radius 2 is 1.09 bits per heavy atom. The van der Waals surface area contributed by atoms with Gasteiger partial charge in [-0.15, -0.1) is 15.3 Å². The van der Waals surface area contributed by atoms with E-state index < -0.39 is 23.6 Å². The molecule has 0 saturated heterocycles. The van der Waals surface area contributed by atoms with Gasteiger partial charge in [0.15, 0.2) is 52.0 Å². The highest BCUT2D eigenvalue weighted by Crippen LogP contribution is 2.24. The number of benzene rings is 3. The third kappa shape index (κ3) is 28.2. The fourth-order valence-corrected chi connectivity index (χ4v) is 12.8. The van der Waals surface area contributed by atoms with Crippen molar-refractivity contribution >= 4 is 92.7 Å². The molecule has 0 aliphatic carbocycles. The average molecular weight is 1870 g/mol. The van der Waals surface area contributed by atoms with Crippen LogP contribution in [0.25, 0.3) is 91.1 Å². The van der Waals surface area contributed by atoms with Crippen LogP contribution in [0.3, 0.4) is 0 Å². The largest absolute Gasteiger partial charge is 0.461 e. The van der Waals surface area contributed by atoms with Gasteiger partial charge in [-0.3, -0.25) is 104 Å². The molecule has 0 aliphatic rings. The molecule has 1 atom stereocenters. The first-order valence-electron chi connectivity index (χ1n) is 43.3. The van der Waals surface area contributed by atoms with E-state index in [0.29, 0.717) is 133 Å². The minimum absolute atomic E-state index is 0. The number of halogens is 1. The van der Waals surface area contributed by atoms with Gasteiger partial charge in [0, 0.05) is 82.1 Å². The Labute approximate surface area is 790 Å². The number of Topliss-reactive ketones (excluding diaryl/α,β-unsaturated/α-hetero) is 2. The highest BCUT2D eigenvalue weighted by Gasteiger charge is 2.22. The van der Waals surface area contributed by atoms with Crippen LogP contribution >= 0.6 is 0 Å². The van der Waals surface area contributed by atoms with Gasteiger partial charge in [-0.2, -0.15) is 15.1 Å². The highest BCUT2D eigenvalue weighted by atomic mass is 19.1. The Kier molecular flexibility index (Phi) is 33.3. The van der Waals surface area contributed by atoms with Gasteiger partial charge in [0.2, 0.25) is 41.5 Å². The third-order valence-corrected chi connectivity index (χ3v) is 19.7. The van der Waals surface area contributed by atoms with Gasteiger partial charge in [-0.25, -0.2) is 33.8 Å². The summed E-state index contributed by atoms with van der Waals surface area (Å²) in [6.45, 7) is 10.9. The zero-order valence-corrected chi connectivity index (χ0v) is 75.2. The lowest BCUT2D eigenvalue weighted by atomic mass is 10.1. The molecule has 0 fully saturated rings. The first-order valence-corrected chi connectivity index (χ1v) is 43.3. The van der Waals surface area contributed by atoms with Crippen molar-refractivity contribution in [1.29, 1.82) is 0 Å². The van der Waals surface area contributed by atoms with Crippen molar-refractivity contribution in [2.45, 2.75) is 92.3 Å². The molecule has 1 unspecified atom stereocenters. The first kappa shape index (κ1) is 96.3. The molecule has 16 heterocycles. The minimum atomic E-state index is -0.579. The van der Waals surface area contributed by atoms with E-state index in [1.54, 1.807) is 152 Å². The molecule has 0 saturated carbocycles. The van der Waals surface area contributed by atoms with E-state index >= 15 is 0 Å². The van der Waals surface area contributed by atoms with E-state index in [0.717, 1.165) is 29.0 Å². The quantitative estimate of drug-likeness (QED) is 0.0186. The van der Waals surface area contributed by atoms with Crippen molar-refractivity contribution in [2.24, 2.45) is 5.92 Å². The Bertz CT molecular complexity index is 7300. The van der Waals surface area contributed by atoms with E-state index in [4.69, 9.17) is 13.6 Å². The number of nitrogens with one attached hydrogen (secondary N) is 11. The lowest BCUT2D eigenvalue weighted by Gasteiger charge is -2.12. The number of carbonyl (C=O) groups excluding carboxylic acids is 7. The maximum Gasteiger partial charge on any atom is 0.420 e. The zero-order valence-electron chi connectivity index (χ0n) is 75.2. The summed E-state index contributed by atoms with van der Waals surface area (Å²) >= 11 is 0. The Hall–Kier alpha value is -18.7. The molecule has 42 nitrogen and oxygen atoms in total. The van der Waals surface area contributed by atoms with Crippen LogP contribution in [0.5, 0.6) is 0 Å². The Morgan fingerprint density at radius 1 is 0.504 bits per heavy atom. The topological polar surface area (TPSA) is 569 Å². The normalized spacial score (nSPS) is 10.9.